The molecule has 1 heterocycles. The summed E-state index contributed by atoms with van der Waals surface area (Å²) < 4.78 is 9.64. The zero-order valence-corrected chi connectivity index (χ0v) is 9.49. The molecule has 0 bridgehead atoms. The van der Waals surface area contributed by atoms with E-state index < -0.39 is 0 Å². The summed E-state index contributed by atoms with van der Waals surface area (Å²) in [5.41, 5.74) is 0. The lowest BCUT2D eigenvalue weighted by Crippen LogP contribution is -1.88. The summed E-state index contributed by atoms with van der Waals surface area (Å²) in [6.07, 6.45) is 0. The summed E-state index contributed by atoms with van der Waals surface area (Å²) in [6.45, 7) is 4.18. The van der Waals surface area contributed by atoms with Crippen LogP contribution in [0.5, 0.6) is 11.8 Å². The largest absolute Gasteiger partial charge is 0.424 e. The molecule has 0 atom stereocenters. The van der Waals surface area contributed by atoms with Gasteiger partial charge in [-0.15, -0.1) is 4.37 Å². The van der Waals surface area contributed by atoms with E-state index in [1.807, 2.05) is 30.3 Å². The van der Waals surface area contributed by atoms with Crippen molar-refractivity contribution in [3.8, 4) is 11.8 Å². The standard InChI is InChI=1S/C11H12N2OS/c1-8(2)10-12-11(13-15-10)14-9-6-4-3-5-7-9/h3-8H,1-2H3. The molecule has 4 heteroatoms. The van der Waals surface area contributed by atoms with Crippen LogP contribution in [0.4, 0.5) is 0 Å². The molecule has 0 aliphatic rings. The van der Waals surface area contributed by atoms with Crippen LogP contribution in [-0.2, 0) is 0 Å². The van der Waals surface area contributed by atoms with Crippen molar-refractivity contribution in [2.24, 2.45) is 0 Å². The number of aromatic nitrogens is 2. The van der Waals surface area contributed by atoms with Crippen LogP contribution in [0.2, 0.25) is 0 Å². The molecule has 1 aromatic carbocycles. The van der Waals surface area contributed by atoms with Crippen molar-refractivity contribution in [2.45, 2.75) is 19.8 Å². The first-order chi connectivity index (χ1) is 7.25. The van der Waals surface area contributed by atoms with Crippen molar-refractivity contribution in [3.05, 3.63) is 35.3 Å². The maximum Gasteiger partial charge on any atom is 0.334 e. The molecular weight excluding hydrogens is 208 g/mol. The van der Waals surface area contributed by atoms with Crippen LogP contribution in [-0.4, -0.2) is 9.36 Å². The van der Waals surface area contributed by atoms with Crippen molar-refractivity contribution in [2.75, 3.05) is 0 Å². The Labute approximate surface area is 92.9 Å². The van der Waals surface area contributed by atoms with Gasteiger partial charge in [-0.25, -0.2) is 0 Å². The number of para-hydroxylation sites is 1. The number of benzene rings is 1. The number of rotatable bonds is 3. The summed E-state index contributed by atoms with van der Waals surface area (Å²) in [7, 11) is 0. The minimum atomic E-state index is 0.399. The minimum absolute atomic E-state index is 0.399. The molecule has 0 aliphatic carbocycles. The second kappa shape index (κ2) is 4.40. The van der Waals surface area contributed by atoms with Crippen LogP contribution >= 0.6 is 11.5 Å². The highest BCUT2D eigenvalue weighted by molar-refractivity contribution is 7.05. The molecule has 0 radical (unpaired) electrons. The van der Waals surface area contributed by atoms with E-state index in [1.165, 1.54) is 11.5 Å². The highest BCUT2D eigenvalue weighted by Gasteiger charge is 2.08. The van der Waals surface area contributed by atoms with Crippen LogP contribution in [0.1, 0.15) is 24.8 Å². The van der Waals surface area contributed by atoms with E-state index in [2.05, 4.69) is 23.2 Å². The fourth-order valence-electron chi connectivity index (χ4n) is 1.09. The zero-order valence-electron chi connectivity index (χ0n) is 8.68. The Morgan fingerprint density at radius 1 is 1.20 bits per heavy atom. The van der Waals surface area contributed by atoms with Gasteiger partial charge in [-0.1, -0.05) is 32.0 Å². The van der Waals surface area contributed by atoms with Gasteiger partial charge in [0.1, 0.15) is 10.8 Å². The number of nitrogens with zero attached hydrogens (tertiary/aromatic N) is 2. The van der Waals surface area contributed by atoms with E-state index in [0.717, 1.165) is 10.8 Å². The first-order valence-electron chi connectivity index (χ1n) is 4.82. The first-order valence-corrected chi connectivity index (χ1v) is 5.59. The van der Waals surface area contributed by atoms with Gasteiger partial charge in [0.25, 0.3) is 0 Å². The summed E-state index contributed by atoms with van der Waals surface area (Å²) in [5.74, 6) is 1.17. The third-order valence-corrected chi connectivity index (χ3v) is 2.87. The zero-order chi connectivity index (χ0) is 10.7. The Balaban J connectivity index is 2.12. The Bertz CT molecular complexity index is 425. The molecule has 15 heavy (non-hydrogen) atoms. The predicted octanol–water partition coefficient (Wildman–Crippen LogP) is 3.45. The third kappa shape index (κ3) is 2.53. The lowest BCUT2D eigenvalue weighted by atomic mass is 10.2. The summed E-state index contributed by atoms with van der Waals surface area (Å²) in [4.78, 5) is 4.29. The molecule has 0 aliphatic heterocycles. The van der Waals surface area contributed by atoms with E-state index in [1.54, 1.807) is 0 Å². The van der Waals surface area contributed by atoms with E-state index in [0.29, 0.717) is 11.9 Å². The Morgan fingerprint density at radius 3 is 2.53 bits per heavy atom. The predicted molar refractivity (Wildman–Crippen MR) is 60.5 cm³/mol. The van der Waals surface area contributed by atoms with Crippen molar-refractivity contribution < 1.29 is 4.74 Å². The van der Waals surface area contributed by atoms with Gasteiger partial charge in [-0.3, -0.25) is 0 Å². The average Bonchev–Trinajstić information content (AvgIpc) is 2.68. The second-order valence-corrected chi connectivity index (χ2v) is 4.27. The molecule has 0 fully saturated rings. The van der Waals surface area contributed by atoms with Crippen molar-refractivity contribution in [3.63, 3.8) is 0 Å². The van der Waals surface area contributed by atoms with Crippen LogP contribution < -0.4 is 4.74 Å². The van der Waals surface area contributed by atoms with Gasteiger partial charge < -0.3 is 4.74 Å². The first kappa shape index (κ1) is 10.1. The van der Waals surface area contributed by atoms with Crippen LogP contribution in [0, 0.1) is 0 Å². The third-order valence-electron chi connectivity index (χ3n) is 1.87. The van der Waals surface area contributed by atoms with E-state index >= 15 is 0 Å². The number of ether oxygens (including phenoxy) is 1. The lowest BCUT2D eigenvalue weighted by molar-refractivity contribution is 0.447. The molecule has 0 spiro atoms. The Morgan fingerprint density at radius 2 is 1.93 bits per heavy atom. The molecule has 78 valence electrons. The van der Waals surface area contributed by atoms with E-state index in [4.69, 9.17) is 4.74 Å². The molecule has 0 saturated heterocycles. The second-order valence-electron chi connectivity index (χ2n) is 3.49. The molecule has 0 amide bonds. The smallest absolute Gasteiger partial charge is 0.334 e. The van der Waals surface area contributed by atoms with Gasteiger partial charge >= 0.3 is 6.01 Å². The van der Waals surface area contributed by atoms with Gasteiger partial charge in [0, 0.05) is 5.92 Å². The highest BCUT2D eigenvalue weighted by atomic mass is 32.1. The fraction of sp³-hybridized carbons (Fsp3) is 0.273. The normalized spacial score (nSPS) is 10.6. The van der Waals surface area contributed by atoms with Gasteiger partial charge in [-0.05, 0) is 23.7 Å². The van der Waals surface area contributed by atoms with Gasteiger partial charge in [0.15, 0.2) is 0 Å². The fourth-order valence-corrected chi connectivity index (χ4v) is 1.67. The van der Waals surface area contributed by atoms with Crippen LogP contribution in [0.25, 0.3) is 0 Å². The summed E-state index contributed by atoms with van der Waals surface area (Å²) in [5, 5.41) is 1.00. The molecule has 0 N–H and O–H groups in total. The maximum atomic E-state index is 5.50. The van der Waals surface area contributed by atoms with Crippen molar-refractivity contribution >= 4 is 11.5 Å². The van der Waals surface area contributed by atoms with Gasteiger partial charge in [-0.2, -0.15) is 4.98 Å². The SMILES string of the molecule is CC(C)c1nc(Oc2ccccc2)ns1. The maximum absolute atomic E-state index is 5.50. The van der Waals surface area contributed by atoms with E-state index in [9.17, 15) is 0 Å². The molecule has 3 nitrogen and oxygen atoms in total. The quantitative estimate of drug-likeness (QED) is 0.794. The lowest BCUT2D eigenvalue weighted by Gasteiger charge is -1.99. The van der Waals surface area contributed by atoms with Crippen molar-refractivity contribution in [1.82, 2.24) is 9.36 Å². The summed E-state index contributed by atoms with van der Waals surface area (Å²) >= 11 is 1.39. The Hall–Kier alpha value is -1.42. The van der Waals surface area contributed by atoms with Crippen molar-refractivity contribution in [1.29, 1.82) is 0 Å². The Kier molecular flexibility index (Phi) is 2.97. The molecule has 2 aromatic rings. The van der Waals surface area contributed by atoms with Gasteiger partial charge in [0.05, 0.1) is 0 Å². The van der Waals surface area contributed by atoms with Gasteiger partial charge in [0.2, 0.25) is 0 Å². The molecule has 1 aromatic heterocycles. The average molecular weight is 220 g/mol. The minimum Gasteiger partial charge on any atom is -0.424 e. The topological polar surface area (TPSA) is 35.0 Å². The van der Waals surface area contributed by atoms with Crippen LogP contribution in [0.3, 0.4) is 0 Å². The molecule has 2 rings (SSSR count). The summed E-state index contributed by atoms with van der Waals surface area (Å²) in [6, 6.07) is 10.00. The number of hydrogen-bond acceptors (Lipinski definition) is 4. The van der Waals surface area contributed by atoms with Crippen LogP contribution in [0.15, 0.2) is 30.3 Å². The molecular formula is C11H12N2OS. The van der Waals surface area contributed by atoms with E-state index in [-0.39, 0.29) is 0 Å². The monoisotopic (exact) mass is 220 g/mol. The highest BCUT2D eigenvalue weighted by Crippen LogP contribution is 2.23. The molecule has 0 unspecified atom stereocenters. The number of hydrogen-bond donors (Lipinski definition) is 0. The molecule has 0 saturated carbocycles.